The Morgan fingerprint density at radius 2 is 2.00 bits per heavy atom. The van der Waals surface area contributed by atoms with Crippen LogP contribution in [-0.4, -0.2) is 63.3 Å². The Morgan fingerprint density at radius 1 is 1.17 bits per heavy atom. The van der Waals surface area contributed by atoms with Crippen LogP contribution in [0.4, 0.5) is 0 Å². The third-order valence-corrected chi connectivity index (χ3v) is 5.21. The molecule has 1 saturated carbocycles. The van der Waals surface area contributed by atoms with Crippen molar-refractivity contribution in [2.45, 2.75) is 64.4 Å². The van der Waals surface area contributed by atoms with Crippen LogP contribution < -0.4 is 10.6 Å². The zero-order chi connectivity index (χ0) is 17.0. The molecule has 5 heteroatoms. The van der Waals surface area contributed by atoms with Gasteiger partial charge in [0.15, 0.2) is 5.96 Å². The summed E-state index contributed by atoms with van der Waals surface area (Å²) >= 11 is 0. The van der Waals surface area contributed by atoms with E-state index in [2.05, 4.69) is 27.4 Å². The molecule has 0 aromatic carbocycles. The van der Waals surface area contributed by atoms with Crippen LogP contribution in [0.2, 0.25) is 0 Å². The molecule has 1 aliphatic carbocycles. The van der Waals surface area contributed by atoms with Crippen molar-refractivity contribution < 1.29 is 4.74 Å². The van der Waals surface area contributed by atoms with Crippen molar-refractivity contribution >= 4 is 5.96 Å². The number of rotatable bonds is 9. The van der Waals surface area contributed by atoms with Crippen LogP contribution in [0.1, 0.15) is 58.3 Å². The highest BCUT2D eigenvalue weighted by molar-refractivity contribution is 5.79. The van der Waals surface area contributed by atoms with E-state index in [1.165, 1.54) is 64.6 Å². The first-order chi connectivity index (χ1) is 11.8. The van der Waals surface area contributed by atoms with E-state index < -0.39 is 0 Å². The van der Waals surface area contributed by atoms with Gasteiger partial charge in [-0.05, 0) is 51.1 Å². The monoisotopic (exact) mass is 338 g/mol. The van der Waals surface area contributed by atoms with Crippen LogP contribution in [0.15, 0.2) is 4.99 Å². The Balaban J connectivity index is 1.49. The predicted octanol–water partition coefficient (Wildman–Crippen LogP) is 2.62. The smallest absolute Gasteiger partial charge is 0.190 e. The lowest BCUT2D eigenvalue weighted by Gasteiger charge is -2.22. The van der Waals surface area contributed by atoms with E-state index in [4.69, 9.17) is 4.74 Å². The van der Waals surface area contributed by atoms with Crippen LogP contribution in [0, 0.1) is 5.92 Å². The number of hydrogen-bond donors (Lipinski definition) is 2. The third-order valence-electron chi connectivity index (χ3n) is 5.21. The minimum Gasteiger partial charge on any atom is -0.378 e. The summed E-state index contributed by atoms with van der Waals surface area (Å²) in [7, 11) is 1.85. The molecule has 1 aliphatic heterocycles. The number of likely N-dealkylation sites (tertiary alicyclic amines) is 1. The highest BCUT2D eigenvalue weighted by Gasteiger charge is 2.21. The fraction of sp³-hybridized carbons (Fsp3) is 0.947. The van der Waals surface area contributed by atoms with Gasteiger partial charge < -0.3 is 20.3 Å². The first-order valence-corrected chi connectivity index (χ1v) is 10.1. The van der Waals surface area contributed by atoms with Crippen LogP contribution in [0.25, 0.3) is 0 Å². The summed E-state index contributed by atoms with van der Waals surface area (Å²) < 4.78 is 5.97. The van der Waals surface area contributed by atoms with Gasteiger partial charge in [0.1, 0.15) is 0 Å². The molecule has 0 spiro atoms. The van der Waals surface area contributed by atoms with E-state index >= 15 is 0 Å². The zero-order valence-electron chi connectivity index (χ0n) is 15.9. The number of hydrogen-bond acceptors (Lipinski definition) is 3. The Kier molecular flexibility index (Phi) is 9.51. The first kappa shape index (κ1) is 19.5. The quantitative estimate of drug-likeness (QED) is 0.385. The highest BCUT2D eigenvalue weighted by atomic mass is 16.5. The SMILES string of the molecule is CCCN1CCC(CNC(=NC)NCCCOC2CCCCC2)C1. The van der Waals surface area contributed by atoms with Crippen molar-refractivity contribution in [1.82, 2.24) is 15.5 Å². The number of nitrogens with one attached hydrogen (secondary N) is 2. The molecule has 0 aromatic heterocycles. The van der Waals surface area contributed by atoms with Crippen molar-refractivity contribution in [2.75, 3.05) is 46.4 Å². The molecule has 140 valence electrons. The van der Waals surface area contributed by atoms with E-state index in [-0.39, 0.29) is 0 Å². The second-order valence-electron chi connectivity index (χ2n) is 7.32. The molecule has 5 nitrogen and oxygen atoms in total. The van der Waals surface area contributed by atoms with Gasteiger partial charge in [-0.15, -0.1) is 0 Å². The second kappa shape index (κ2) is 11.7. The molecule has 1 saturated heterocycles. The molecule has 0 bridgehead atoms. The second-order valence-corrected chi connectivity index (χ2v) is 7.32. The fourth-order valence-corrected chi connectivity index (χ4v) is 3.82. The van der Waals surface area contributed by atoms with Gasteiger partial charge in [0.25, 0.3) is 0 Å². The minimum absolute atomic E-state index is 0.518. The van der Waals surface area contributed by atoms with Gasteiger partial charge in [-0.25, -0.2) is 0 Å². The van der Waals surface area contributed by atoms with Gasteiger partial charge in [-0.2, -0.15) is 0 Å². The molecule has 24 heavy (non-hydrogen) atoms. The lowest BCUT2D eigenvalue weighted by atomic mass is 9.98. The Labute approximate surface area is 148 Å². The lowest BCUT2D eigenvalue weighted by Crippen LogP contribution is -2.41. The fourth-order valence-electron chi connectivity index (χ4n) is 3.82. The molecule has 0 radical (unpaired) electrons. The summed E-state index contributed by atoms with van der Waals surface area (Å²) in [6.45, 7) is 8.80. The lowest BCUT2D eigenvalue weighted by molar-refractivity contribution is 0.0277. The molecule has 2 rings (SSSR count). The maximum Gasteiger partial charge on any atom is 0.190 e. The topological polar surface area (TPSA) is 48.9 Å². The minimum atomic E-state index is 0.518. The summed E-state index contributed by atoms with van der Waals surface area (Å²) in [5, 5.41) is 6.90. The van der Waals surface area contributed by atoms with Crippen molar-refractivity contribution in [3.63, 3.8) is 0 Å². The maximum absolute atomic E-state index is 5.97. The molecule has 2 aliphatic rings. The Bertz CT molecular complexity index is 355. The third kappa shape index (κ3) is 7.39. The Morgan fingerprint density at radius 3 is 2.75 bits per heavy atom. The number of ether oxygens (including phenoxy) is 1. The maximum atomic E-state index is 5.97. The molecule has 1 heterocycles. The Hall–Kier alpha value is -0.810. The van der Waals surface area contributed by atoms with E-state index in [1.54, 1.807) is 0 Å². The molecule has 0 amide bonds. The number of aliphatic imine (C=N–C) groups is 1. The van der Waals surface area contributed by atoms with Crippen LogP contribution in [0.5, 0.6) is 0 Å². The van der Waals surface area contributed by atoms with Crippen molar-refractivity contribution in [1.29, 1.82) is 0 Å². The van der Waals surface area contributed by atoms with Gasteiger partial charge >= 0.3 is 0 Å². The molecule has 2 fully saturated rings. The normalized spacial score (nSPS) is 23.6. The summed E-state index contributed by atoms with van der Waals surface area (Å²) in [6, 6.07) is 0. The van der Waals surface area contributed by atoms with Crippen molar-refractivity contribution in [3.05, 3.63) is 0 Å². The zero-order valence-corrected chi connectivity index (χ0v) is 15.9. The first-order valence-electron chi connectivity index (χ1n) is 10.1. The van der Waals surface area contributed by atoms with Gasteiger partial charge in [-0.3, -0.25) is 4.99 Å². The summed E-state index contributed by atoms with van der Waals surface area (Å²) in [4.78, 5) is 6.91. The molecular weight excluding hydrogens is 300 g/mol. The van der Waals surface area contributed by atoms with Gasteiger partial charge in [0, 0.05) is 33.3 Å². The summed E-state index contributed by atoms with van der Waals surface area (Å²) in [5.74, 6) is 1.69. The molecule has 0 aromatic rings. The molecular formula is C19H38N4O. The van der Waals surface area contributed by atoms with E-state index in [0.717, 1.165) is 38.0 Å². The number of nitrogens with zero attached hydrogens (tertiary/aromatic N) is 2. The van der Waals surface area contributed by atoms with Gasteiger partial charge in [0.2, 0.25) is 0 Å². The average Bonchev–Trinajstić information content (AvgIpc) is 3.06. The molecule has 1 unspecified atom stereocenters. The highest BCUT2D eigenvalue weighted by Crippen LogP contribution is 2.20. The molecule has 2 N–H and O–H groups in total. The number of guanidine groups is 1. The largest absolute Gasteiger partial charge is 0.378 e. The van der Waals surface area contributed by atoms with Crippen LogP contribution >= 0.6 is 0 Å². The average molecular weight is 339 g/mol. The predicted molar refractivity (Wildman–Crippen MR) is 102 cm³/mol. The van der Waals surface area contributed by atoms with Gasteiger partial charge in [0.05, 0.1) is 6.10 Å². The summed E-state index contributed by atoms with van der Waals surface area (Å²) in [6.07, 6.45) is 10.7. The van der Waals surface area contributed by atoms with Crippen LogP contribution in [-0.2, 0) is 4.74 Å². The standard InChI is InChI=1S/C19H38N4O/c1-3-12-23-13-10-17(16-23)15-22-19(20-2)21-11-7-14-24-18-8-5-4-6-9-18/h17-18H,3-16H2,1-2H3,(H2,20,21,22). The van der Waals surface area contributed by atoms with Crippen LogP contribution in [0.3, 0.4) is 0 Å². The van der Waals surface area contributed by atoms with Crippen molar-refractivity contribution in [2.24, 2.45) is 10.9 Å². The van der Waals surface area contributed by atoms with E-state index in [1.807, 2.05) is 7.05 Å². The van der Waals surface area contributed by atoms with Crippen molar-refractivity contribution in [3.8, 4) is 0 Å². The van der Waals surface area contributed by atoms with E-state index in [0.29, 0.717) is 6.10 Å². The molecule has 1 atom stereocenters. The summed E-state index contributed by atoms with van der Waals surface area (Å²) in [5.41, 5.74) is 0. The van der Waals surface area contributed by atoms with Gasteiger partial charge in [-0.1, -0.05) is 26.2 Å². The van der Waals surface area contributed by atoms with E-state index in [9.17, 15) is 0 Å².